The van der Waals surface area contributed by atoms with Gasteiger partial charge in [0.05, 0.1) is 0 Å². The van der Waals surface area contributed by atoms with Gasteiger partial charge < -0.3 is 30.0 Å². The molecular weight excluding hydrogens is 480 g/mol. The van der Waals surface area contributed by atoms with Crippen molar-refractivity contribution in [2.45, 2.75) is 64.3 Å². The summed E-state index contributed by atoms with van der Waals surface area (Å²) in [5, 5.41) is 14.0. The highest BCUT2D eigenvalue weighted by molar-refractivity contribution is 5.84. The highest BCUT2D eigenvalue weighted by atomic mass is 16.6. The second-order valence-corrected chi connectivity index (χ2v) is 9.80. The Hall–Kier alpha value is -4.08. The van der Waals surface area contributed by atoms with E-state index < -0.39 is 47.9 Å². The number of carboxylic acids is 1. The van der Waals surface area contributed by atoms with Crippen LogP contribution in [0.4, 0.5) is 9.59 Å². The van der Waals surface area contributed by atoms with Gasteiger partial charge in [0.15, 0.2) is 6.04 Å². The van der Waals surface area contributed by atoms with Crippen molar-refractivity contribution < 1.29 is 38.5 Å². The smallest absolute Gasteiger partial charge is 0.408 e. The van der Waals surface area contributed by atoms with Crippen LogP contribution in [0.2, 0.25) is 0 Å². The van der Waals surface area contributed by atoms with Gasteiger partial charge in [0, 0.05) is 5.92 Å². The van der Waals surface area contributed by atoms with Crippen LogP contribution >= 0.6 is 0 Å². The molecule has 0 spiro atoms. The number of rotatable bonds is 8. The van der Waals surface area contributed by atoms with E-state index in [-0.39, 0.29) is 12.5 Å². The molecule has 2 amide bonds. The van der Waals surface area contributed by atoms with Gasteiger partial charge in [-0.2, -0.15) is 0 Å². The monoisotopic (exact) mass is 512 g/mol. The van der Waals surface area contributed by atoms with Gasteiger partial charge in [0.25, 0.3) is 0 Å². The lowest BCUT2D eigenvalue weighted by atomic mass is 9.98. The molecule has 0 heterocycles. The first kappa shape index (κ1) is 27.5. The molecule has 10 nitrogen and oxygen atoms in total. The Morgan fingerprint density at radius 2 is 1.43 bits per heavy atom. The third kappa shape index (κ3) is 6.99. The van der Waals surface area contributed by atoms with Crippen molar-refractivity contribution >= 4 is 24.1 Å². The average Bonchev–Trinajstić information content (AvgIpc) is 3.13. The predicted molar refractivity (Wildman–Crippen MR) is 134 cm³/mol. The van der Waals surface area contributed by atoms with E-state index in [1.165, 1.54) is 13.8 Å². The van der Waals surface area contributed by atoms with Crippen molar-refractivity contribution in [1.82, 2.24) is 10.6 Å². The number of hydrogen-bond acceptors (Lipinski definition) is 7. The number of fused-ring (bicyclic) bond motifs is 3. The lowest BCUT2D eigenvalue weighted by Crippen LogP contribution is -2.51. The number of carbonyl (C=O) groups is 4. The standard InChI is InChI=1S/C27H32N2O8/c1-15(24(32)36-16(2)22(23(30)31)29-26(34)37-27(3,4)5)28-25(33)35-14-21-19-12-8-6-10-17(19)18-11-7-9-13-20(18)21/h6-13,15-16,21-22H,14H2,1-5H3,(H,28,33)(H,29,34)(H,30,31)/t15-,16+,22+/m0/s1. The van der Waals surface area contributed by atoms with E-state index in [9.17, 15) is 24.3 Å². The summed E-state index contributed by atoms with van der Waals surface area (Å²) >= 11 is 0. The minimum absolute atomic E-state index is 0.0684. The molecule has 37 heavy (non-hydrogen) atoms. The summed E-state index contributed by atoms with van der Waals surface area (Å²) in [5.74, 6) is -2.45. The van der Waals surface area contributed by atoms with Gasteiger partial charge in [0.2, 0.25) is 0 Å². The first-order chi connectivity index (χ1) is 17.4. The van der Waals surface area contributed by atoms with Crippen molar-refractivity contribution in [3.8, 4) is 11.1 Å². The number of esters is 1. The summed E-state index contributed by atoms with van der Waals surface area (Å²) in [5.41, 5.74) is 3.44. The van der Waals surface area contributed by atoms with E-state index >= 15 is 0 Å². The number of benzene rings is 2. The largest absolute Gasteiger partial charge is 0.480 e. The highest BCUT2D eigenvalue weighted by Crippen LogP contribution is 2.44. The van der Waals surface area contributed by atoms with E-state index in [0.29, 0.717) is 0 Å². The molecule has 0 aromatic heterocycles. The normalized spacial score (nSPS) is 14.8. The average molecular weight is 513 g/mol. The molecule has 0 aliphatic heterocycles. The number of nitrogens with one attached hydrogen (secondary N) is 2. The van der Waals surface area contributed by atoms with Gasteiger partial charge in [-0.25, -0.2) is 19.2 Å². The summed E-state index contributed by atoms with van der Waals surface area (Å²) in [6.07, 6.45) is -3.03. The molecule has 1 aliphatic rings. The Morgan fingerprint density at radius 1 is 0.892 bits per heavy atom. The van der Waals surface area contributed by atoms with Crippen molar-refractivity contribution in [3.05, 3.63) is 59.7 Å². The third-order valence-corrected chi connectivity index (χ3v) is 5.74. The third-order valence-electron chi connectivity index (χ3n) is 5.74. The molecule has 0 saturated heterocycles. The molecule has 2 aromatic carbocycles. The molecule has 0 saturated carbocycles. The SMILES string of the molecule is C[C@H](NC(=O)OCC1c2ccccc2-c2ccccc21)C(=O)O[C@H](C)[C@@H](NC(=O)OC(C)(C)C)C(=O)O. The summed E-state index contributed by atoms with van der Waals surface area (Å²) in [6, 6.07) is 13.1. The number of hydrogen-bond donors (Lipinski definition) is 3. The fraction of sp³-hybridized carbons (Fsp3) is 0.407. The Morgan fingerprint density at radius 3 is 1.95 bits per heavy atom. The summed E-state index contributed by atoms with van der Waals surface area (Å²) in [7, 11) is 0. The number of alkyl carbamates (subject to hydrolysis) is 2. The van der Waals surface area contributed by atoms with Gasteiger partial charge in [0.1, 0.15) is 24.4 Å². The first-order valence-corrected chi connectivity index (χ1v) is 11.9. The second kappa shape index (κ2) is 11.3. The van der Waals surface area contributed by atoms with E-state index in [0.717, 1.165) is 22.3 Å². The molecule has 2 aromatic rings. The van der Waals surface area contributed by atoms with Crippen LogP contribution in [0.3, 0.4) is 0 Å². The van der Waals surface area contributed by atoms with Crippen molar-refractivity contribution in [2.24, 2.45) is 0 Å². The lowest BCUT2D eigenvalue weighted by Gasteiger charge is -2.25. The van der Waals surface area contributed by atoms with Crippen LogP contribution in [-0.4, -0.2) is 59.6 Å². The molecule has 0 bridgehead atoms. The van der Waals surface area contributed by atoms with E-state index in [4.69, 9.17) is 14.2 Å². The van der Waals surface area contributed by atoms with E-state index in [2.05, 4.69) is 10.6 Å². The van der Waals surface area contributed by atoms with Crippen LogP contribution in [0.5, 0.6) is 0 Å². The number of amides is 2. The molecule has 0 unspecified atom stereocenters. The summed E-state index contributed by atoms with van der Waals surface area (Å²) in [6.45, 7) is 7.65. The van der Waals surface area contributed by atoms with Gasteiger partial charge >= 0.3 is 24.1 Å². The molecule has 3 rings (SSSR count). The predicted octanol–water partition coefficient (Wildman–Crippen LogP) is 3.82. The fourth-order valence-electron chi connectivity index (χ4n) is 4.04. The van der Waals surface area contributed by atoms with Crippen LogP contribution in [0, 0.1) is 0 Å². The van der Waals surface area contributed by atoms with Crippen LogP contribution in [0.15, 0.2) is 48.5 Å². The van der Waals surface area contributed by atoms with E-state index in [1.807, 2.05) is 48.5 Å². The zero-order valence-electron chi connectivity index (χ0n) is 21.4. The Kier molecular flexibility index (Phi) is 8.42. The van der Waals surface area contributed by atoms with Crippen LogP contribution < -0.4 is 10.6 Å². The maximum atomic E-state index is 12.5. The van der Waals surface area contributed by atoms with Crippen molar-refractivity contribution in [2.75, 3.05) is 6.61 Å². The zero-order valence-corrected chi connectivity index (χ0v) is 21.4. The maximum absolute atomic E-state index is 12.5. The molecule has 10 heteroatoms. The Bertz CT molecular complexity index is 1130. The number of carboxylic acid groups (broad SMARTS) is 1. The fourth-order valence-corrected chi connectivity index (χ4v) is 4.04. The molecule has 198 valence electrons. The van der Waals surface area contributed by atoms with Gasteiger partial charge in [-0.15, -0.1) is 0 Å². The van der Waals surface area contributed by atoms with E-state index in [1.54, 1.807) is 20.8 Å². The molecule has 1 aliphatic carbocycles. The zero-order chi connectivity index (χ0) is 27.3. The second-order valence-electron chi connectivity index (χ2n) is 9.80. The minimum atomic E-state index is -1.56. The minimum Gasteiger partial charge on any atom is -0.480 e. The molecule has 3 N–H and O–H groups in total. The molecule has 0 fully saturated rings. The maximum Gasteiger partial charge on any atom is 0.408 e. The molecular formula is C27H32N2O8. The summed E-state index contributed by atoms with van der Waals surface area (Å²) < 4.78 is 15.7. The Labute approximate surface area is 215 Å². The molecule has 3 atom stereocenters. The van der Waals surface area contributed by atoms with Crippen LogP contribution in [0.1, 0.15) is 51.7 Å². The number of carbonyl (C=O) groups excluding carboxylic acids is 3. The lowest BCUT2D eigenvalue weighted by molar-refractivity contribution is -0.156. The van der Waals surface area contributed by atoms with Gasteiger partial charge in [-0.05, 0) is 56.9 Å². The van der Waals surface area contributed by atoms with Crippen molar-refractivity contribution in [1.29, 1.82) is 0 Å². The van der Waals surface area contributed by atoms with Crippen LogP contribution in [0.25, 0.3) is 11.1 Å². The van der Waals surface area contributed by atoms with Crippen LogP contribution in [-0.2, 0) is 23.8 Å². The highest BCUT2D eigenvalue weighted by Gasteiger charge is 2.33. The topological polar surface area (TPSA) is 140 Å². The molecule has 0 radical (unpaired) electrons. The number of aliphatic carboxylic acids is 1. The van der Waals surface area contributed by atoms with Gasteiger partial charge in [-0.3, -0.25) is 0 Å². The quantitative estimate of drug-likeness (QED) is 0.358. The number of ether oxygens (including phenoxy) is 3. The first-order valence-electron chi connectivity index (χ1n) is 11.9. The van der Waals surface area contributed by atoms with Gasteiger partial charge in [-0.1, -0.05) is 48.5 Å². The summed E-state index contributed by atoms with van der Waals surface area (Å²) in [4.78, 5) is 48.5. The Balaban J connectivity index is 1.54. The van der Waals surface area contributed by atoms with Crippen molar-refractivity contribution in [3.63, 3.8) is 0 Å².